The third-order valence-corrected chi connectivity index (χ3v) is 4.32. The van der Waals surface area contributed by atoms with Crippen LogP contribution in [0.25, 0.3) is 0 Å². The summed E-state index contributed by atoms with van der Waals surface area (Å²) in [4.78, 5) is 4.32. The van der Waals surface area contributed by atoms with Crippen LogP contribution in [0.15, 0.2) is 12.4 Å². The molecular formula is C13H21N3O. The Bertz CT molecular complexity index is 389. The molecule has 3 rings (SSSR count). The zero-order valence-corrected chi connectivity index (χ0v) is 10.4. The minimum absolute atomic E-state index is 0.469. The second-order valence-electron chi connectivity index (χ2n) is 5.72. The Kier molecular flexibility index (Phi) is 2.71. The fourth-order valence-electron chi connectivity index (χ4n) is 3.41. The Morgan fingerprint density at radius 2 is 2.18 bits per heavy atom. The van der Waals surface area contributed by atoms with Crippen LogP contribution >= 0.6 is 0 Å². The van der Waals surface area contributed by atoms with Gasteiger partial charge < -0.3 is 15.0 Å². The van der Waals surface area contributed by atoms with Crippen molar-refractivity contribution in [3.8, 4) is 0 Å². The zero-order valence-electron chi connectivity index (χ0n) is 10.4. The van der Waals surface area contributed by atoms with Crippen LogP contribution in [0.5, 0.6) is 0 Å². The summed E-state index contributed by atoms with van der Waals surface area (Å²) in [5.41, 5.74) is -0.469. The summed E-state index contributed by atoms with van der Waals surface area (Å²) in [6, 6.07) is 1.08. The molecule has 0 aliphatic carbocycles. The van der Waals surface area contributed by atoms with E-state index >= 15 is 0 Å². The van der Waals surface area contributed by atoms with Gasteiger partial charge in [-0.2, -0.15) is 0 Å². The van der Waals surface area contributed by atoms with Crippen LogP contribution in [-0.4, -0.2) is 32.3 Å². The van der Waals surface area contributed by atoms with E-state index in [-0.39, 0.29) is 0 Å². The van der Waals surface area contributed by atoms with E-state index in [0.717, 1.165) is 31.5 Å². The molecule has 17 heavy (non-hydrogen) atoms. The van der Waals surface area contributed by atoms with Gasteiger partial charge in [0.15, 0.2) is 0 Å². The van der Waals surface area contributed by atoms with Crippen LogP contribution < -0.4 is 5.32 Å². The maximum absolute atomic E-state index is 10.7. The van der Waals surface area contributed by atoms with Crippen LogP contribution in [0.3, 0.4) is 0 Å². The first-order valence-electron chi connectivity index (χ1n) is 6.59. The molecule has 2 bridgehead atoms. The molecule has 2 aliphatic rings. The molecule has 0 amide bonds. The van der Waals surface area contributed by atoms with Crippen LogP contribution in [0.1, 0.15) is 37.9 Å². The Balaban J connectivity index is 1.63. The van der Waals surface area contributed by atoms with Crippen molar-refractivity contribution in [3.05, 3.63) is 18.2 Å². The molecule has 1 aromatic heterocycles. The first kappa shape index (κ1) is 11.2. The van der Waals surface area contributed by atoms with E-state index < -0.39 is 5.60 Å². The summed E-state index contributed by atoms with van der Waals surface area (Å²) in [7, 11) is 2.01. The molecule has 2 unspecified atom stereocenters. The van der Waals surface area contributed by atoms with Crippen molar-refractivity contribution in [1.29, 1.82) is 0 Å². The van der Waals surface area contributed by atoms with Crippen LogP contribution in [0.4, 0.5) is 0 Å². The molecule has 0 spiro atoms. The Hall–Kier alpha value is -0.870. The van der Waals surface area contributed by atoms with Gasteiger partial charge in [0.05, 0.1) is 5.60 Å². The van der Waals surface area contributed by atoms with Gasteiger partial charge in [-0.05, 0) is 32.1 Å². The van der Waals surface area contributed by atoms with Crippen molar-refractivity contribution >= 4 is 0 Å². The number of nitrogens with one attached hydrogen (secondary N) is 1. The van der Waals surface area contributed by atoms with Gasteiger partial charge in [0.2, 0.25) is 0 Å². The summed E-state index contributed by atoms with van der Waals surface area (Å²) in [6.07, 6.45) is 9.79. The van der Waals surface area contributed by atoms with Crippen molar-refractivity contribution in [2.45, 2.75) is 56.2 Å². The molecule has 0 saturated carbocycles. The first-order valence-corrected chi connectivity index (χ1v) is 6.59. The Labute approximate surface area is 102 Å². The van der Waals surface area contributed by atoms with Crippen LogP contribution in [-0.2, 0) is 13.5 Å². The molecular weight excluding hydrogens is 214 g/mol. The van der Waals surface area contributed by atoms with Crippen molar-refractivity contribution in [2.24, 2.45) is 7.05 Å². The monoisotopic (exact) mass is 235 g/mol. The minimum atomic E-state index is -0.469. The lowest BCUT2D eigenvalue weighted by molar-refractivity contribution is -0.0141. The maximum Gasteiger partial charge on any atom is 0.108 e. The third kappa shape index (κ3) is 2.24. The number of aryl methyl sites for hydroxylation is 2. The summed E-state index contributed by atoms with van der Waals surface area (Å²) in [5, 5.41) is 14.2. The molecule has 2 atom stereocenters. The average Bonchev–Trinajstić information content (AvgIpc) is 2.83. The van der Waals surface area contributed by atoms with E-state index in [9.17, 15) is 5.11 Å². The van der Waals surface area contributed by atoms with Crippen LogP contribution in [0, 0.1) is 0 Å². The first-order chi connectivity index (χ1) is 8.15. The quantitative estimate of drug-likeness (QED) is 0.821. The number of aromatic nitrogens is 2. The summed E-state index contributed by atoms with van der Waals surface area (Å²) >= 11 is 0. The highest BCUT2D eigenvalue weighted by atomic mass is 16.3. The van der Waals surface area contributed by atoms with Gasteiger partial charge in [0.25, 0.3) is 0 Å². The smallest absolute Gasteiger partial charge is 0.108 e. The largest absolute Gasteiger partial charge is 0.390 e. The second kappa shape index (κ2) is 4.10. The van der Waals surface area contributed by atoms with Crippen molar-refractivity contribution in [2.75, 3.05) is 0 Å². The summed E-state index contributed by atoms with van der Waals surface area (Å²) in [6.45, 7) is 0. The summed E-state index contributed by atoms with van der Waals surface area (Å²) < 4.78 is 2.04. The molecule has 0 radical (unpaired) electrons. The van der Waals surface area contributed by atoms with E-state index in [0.29, 0.717) is 12.1 Å². The lowest BCUT2D eigenvalue weighted by atomic mass is 9.84. The number of imidazole rings is 1. The molecule has 0 aromatic carbocycles. The fourth-order valence-corrected chi connectivity index (χ4v) is 3.41. The van der Waals surface area contributed by atoms with Crippen molar-refractivity contribution < 1.29 is 5.11 Å². The third-order valence-electron chi connectivity index (χ3n) is 4.32. The Morgan fingerprint density at radius 1 is 1.47 bits per heavy atom. The zero-order chi connectivity index (χ0) is 11.9. The minimum Gasteiger partial charge on any atom is -0.390 e. The number of aliphatic hydroxyl groups is 1. The second-order valence-corrected chi connectivity index (χ2v) is 5.72. The fraction of sp³-hybridized carbons (Fsp3) is 0.769. The lowest BCUT2D eigenvalue weighted by Crippen LogP contribution is -2.48. The van der Waals surface area contributed by atoms with Gasteiger partial charge in [-0.15, -0.1) is 0 Å². The molecule has 2 fully saturated rings. The molecule has 1 aromatic rings. The van der Waals surface area contributed by atoms with Gasteiger partial charge >= 0.3 is 0 Å². The lowest BCUT2D eigenvalue weighted by Gasteiger charge is -2.37. The van der Waals surface area contributed by atoms with Crippen molar-refractivity contribution in [1.82, 2.24) is 14.9 Å². The highest BCUT2D eigenvalue weighted by Gasteiger charge is 2.42. The van der Waals surface area contributed by atoms with E-state index in [4.69, 9.17) is 0 Å². The van der Waals surface area contributed by atoms with Gasteiger partial charge in [0.1, 0.15) is 5.82 Å². The van der Waals surface area contributed by atoms with E-state index in [1.807, 2.05) is 24.0 Å². The normalized spacial score (nSPS) is 36.4. The molecule has 2 saturated heterocycles. The highest BCUT2D eigenvalue weighted by Crippen LogP contribution is 2.36. The average molecular weight is 235 g/mol. The SMILES string of the molecule is Cn1ccnc1CCC1(O)CC2CCC(C1)N2. The number of nitrogens with zero attached hydrogens (tertiary/aromatic N) is 2. The number of hydrogen-bond acceptors (Lipinski definition) is 3. The predicted molar refractivity (Wildman–Crippen MR) is 65.7 cm³/mol. The number of hydrogen-bond donors (Lipinski definition) is 2. The Morgan fingerprint density at radius 3 is 2.76 bits per heavy atom. The van der Waals surface area contributed by atoms with E-state index in [1.54, 1.807) is 0 Å². The topological polar surface area (TPSA) is 50.1 Å². The molecule has 4 nitrogen and oxygen atoms in total. The molecule has 2 N–H and O–H groups in total. The summed E-state index contributed by atoms with van der Waals surface area (Å²) in [5.74, 6) is 1.07. The number of fused-ring (bicyclic) bond motifs is 2. The van der Waals surface area contributed by atoms with Gasteiger partial charge in [0, 0.05) is 37.9 Å². The number of rotatable bonds is 3. The van der Waals surface area contributed by atoms with Gasteiger partial charge in [-0.25, -0.2) is 4.98 Å². The molecule has 4 heteroatoms. The standard InChI is InChI=1S/C13H21N3O/c1-16-7-6-14-12(16)4-5-13(17)8-10-2-3-11(9-13)15-10/h6-7,10-11,15,17H,2-5,8-9H2,1H3. The predicted octanol–water partition coefficient (Wildman–Crippen LogP) is 0.998. The van der Waals surface area contributed by atoms with Gasteiger partial charge in [-0.3, -0.25) is 0 Å². The number of piperidine rings is 1. The van der Waals surface area contributed by atoms with Crippen LogP contribution in [0.2, 0.25) is 0 Å². The molecule has 2 aliphatic heterocycles. The van der Waals surface area contributed by atoms with E-state index in [2.05, 4.69) is 10.3 Å². The molecule has 94 valence electrons. The molecule has 3 heterocycles. The van der Waals surface area contributed by atoms with Gasteiger partial charge in [-0.1, -0.05) is 0 Å². The maximum atomic E-state index is 10.7. The van der Waals surface area contributed by atoms with E-state index in [1.165, 1.54) is 12.8 Å². The highest BCUT2D eigenvalue weighted by molar-refractivity contribution is 5.02. The van der Waals surface area contributed by atoms with Crippen molar-refractivity contribution in [3.63, 3.8) is 0 Å².